The van der Waals surface area contributed by atoms with E-state index in [9.17, 15) is 42.6 Å². The third kappa shape index (κ3) is 5.55. The molecule has 0 unspecified atom stereocenters. The number of aromatic hydroxyl groups is 2. The molecule has 1 aliphatic rings. The number of aliphatic carboxylic acids is 1. The van der Waals surface area contributed by atoms with Crippen LogP contribution in [-0.4, -0.2) is 50.3 Å². The van der Waals surface area contributed by atoms with Gasteiger partial charge in [0.05, 0.1) is 11.3 Å². The Morgan fingerprint density at radius 1 is 0.971 bits per heavy atom. The Kier molecular flexibility index (Phi) is 7.37. The molecule has 1 aliphatic carbocycles. The van der Waals surface area contributed by atoms with Crippen molar-refractivity contribution in [2.75, 3.05) is 6.54 Å². The summed E-state index contributed by atoms with van der Waals surface area (Å²) >= 11 is 0. The summed E-state index contributed by atoms with van der Waals surface area (Å²) in [6.45, 7) is -0.916. The minimum absolute atomic E-state index is 0.312. The van der Waals surface area contributed by atoms with Crippen molar-refractivity contribution in [3.63, 3.8) is 0 Å². The van der Waals surface area contributed by atoms with Gasteiger partial charge in [0.1, 0.15) is 17.7 Å². The standard InChI is InChI=1S/C22H22F3N3O7/c23-22(24,25)11-6-8-13(9-7-11)28-20(34)15(18(32)26-10-14(29)30)17(31)16(21(28)35)19(33)27-12-4-2-1-3-5-12/h6-9,12,31,34H,1-5,10H2,(H,26,32)(H,27,33)(H,29,30). The molecule has 35 heavy (non-hydrogen) atoms. The molecule has 0 saturated heterocycles. The number of carbonyl (C=O) groups is 3. The number of carboxylic acids is 1. The van der Waals surface area contributed by atoms with E-state index in [0.29, 0.717) is 29.5 Å². The van der Waals surface area contributed by atoms with Crippen molar-refractivity contribution >= 4 is 17.8 Å². The Hall–Kier alpha value is -4.03. The zero-order valence-electron chi connectivity index (χ0n) is 18.2. The Morgan fingerprint density at radius 2 is 1.57 bits per heavy atom. The van der Waals surface area contributed by atoms with Gasteiger partial charge in [-0.2, -0.15) is 13.2 Å². The molecule has 2 aromatic rings. The lowest BCUT2D eigenvalue weighted by Gasteiger charge is -2.23. The molecule has 0 aliphatic heterocycles. The highest BCUT2D eigenvalue weighted by Gasteiger charge is 2.33. The van der Waals surface area contributed by atoms with Gasteiger partial charge in [0.25, 0.3) is 17.4 Å². The van der Waals surface area contributed by atoms with Crippen LogP contribution in [0.2, 0.25) is 0 Å². The minimum Gasteiger partial charge on any atom is -0.506 e. The summed E-state index contributed by atoms with van der Waals surface area (Å²) in [6, 6.07) is 2.61. The number of benzene rings is 1. The van der Waals surface area contributed by atoms with Crippen LogP contribution in [0.15, 0.2) is 29.1 Å². The molecule has 2 amide bonds. The van der Waals surface area contributed by atoms with E-state index in [4.69, 9.17) is 5.11 Å². The average molecular weight is 497 g/mol. The fraction of sp³-hybridized carbons (Fsp3) is 0.364. The van der Waals surface area contributed by atoms with Crippen molar-refractivity contribution in [3.05, 3.63) is 51.3 Å². The monoisotopic (exact) mass is 497 g/mol. The number of halogens is 3. The van der Waals surface area contributed by atoms with Gasteiger partial charge in [0, 0.05) is 6.04 Å². The van der Waals surface area contributed by atoms with Crippen molar-refractivity contribution in [1.82, 2.24) is 15.2 Å². The number of hydrogen-bond donors (Lipinski definition) is 5. The zero-order valence-corrected chi connectivity index (χ0v) is 18.2. The first kappa shape index (κ1) is 25.6. The molecule has 1 aromatic carbocycles. The van der Waals surface area contributed by atoms with E-state index >= 15 is 0 Å². The van der Waals surface area contributed by atoms with Gasteiger partial charge in [0.15, 0.2) is 5.75 Å². The van der Waals surface area contributed by atoms with Crippen LogP contribution in [-0.2, 0) is 11.0 Å². The maximum atomic E-state index is 13.2. The molecule has 10 nitrogen and oxygen atoms in total. The first-order valence-corrected chi connectivity index (χ1v) is 10.6. The summed E-state index contributed by atoms with van der Waals surface area (Å²) in [6.07, 6.45) is -0.845. The van der Waals surface area contributed by atoms with Gasteiger partial charge in [-0.15, -0.1) is 0 Å². The number of carboxylic acid groups (broad SMARTS) is 1. The van der Waals surface area contributed by atoms with Crippen LogP contribution in [0.3, 0.4) is 0 Å². The smallest absolute Gasteiger partial charge is 0.416 e. The van der Waals surface area contributed by atoms with Crippen molar-refractivity contribution < 1.29 is 42.9 Å². The van der Waals surface area contributed by atoms with E-state index in [1.54, 1.807) is 0 Å². The molecule has 1 fully saturated rings. The summed E-state index contributed by atoms with van der Waals surface area (Å²) in [5, 5.41) is 34.5. The number of carbonyl (C=O) groups excluding carboxylic acids is 2. The lowest BCUT2D eigenvalue weighted by molar-refractivity contribution is -0.138. The molecule has 0 radical (unpaired) electrons. The van der Waals surface area contributed by atoms with Crippen LogP contribution in [0.4, 0.5) is 13.2 Å². The highest BCUT2D eigenvalue weighted by Crippen LogP contribution is 2.33. The molecule has 0 bridgehead atoms. The predicted octanol–water partition coefficient (Wildman–Crippen LogP) is 2.14. The van der Waals surface area contributed by atoms with Gasteiger partial charge in [0.2, 0.25) is 5.88 Å². The van der Waals surface area contributed by atoms with Gasteiger partial charge in [-0.05, 0) is 37.1 Å². The largest absolute Gasteiger partial charge is 0.506 e. The number of amides is 2. The predicted molar refractivity (Wildman–Crippen MR) is 115 cm³/mol. The molecule has 1 aromatic heterocycles. The van der Waals surface area contributed by atoms with Crippen LogP contribution in [0, 0.1) is 0 Å². The topological polar surface area (TPSA) is 158 Å². The second kappa shape index (κ2) is 10.1. The normalized spacial score (nSPS) is 14.4. The van der Waals surface area contributed by atoms with Gasteiger partial charge in [-0.25, -0.2) is 4.57 Å². The van der Waals surface area contributed by atoms with Crippen LogP contribution in [0.5, 0.6) is 11.6 Å². The average Bonchev–Trinajstić information content (AvgIpc) is 2.78. The number of aromatic nitrogens is 1. The summed E-state index contributed by atoms with van der Waals surface area (Å²) in [7, 11) is 0. The Morgan fingerprint density at radius 3 is 2.11 bits per heavy atom. The first-order valence-electron chi connectivity index (χ1n) is 10.6. The number of hydrogen-bond acceptors (Lipinski definition) is 6. The van der Waals surface area contributed by atoms with Crippen LogP contribution in [0.1, 0.15) is 58.4 Å². The van der Waals surface area contributed by atoms with Crippen molar-refractivity contribution in [3.8, 4) is 17.3 Å². The van der Waals surface area contributed by atoms with Gasteiger partial charge in [-0.3, -0.25) is 19.2 Å². The molecule has 13 heteroatoms. The van der Waals surface area contributed by atoms with Gasteiger partial charge in [-0.1, -0.05) is 19.3 Å². The molecule has 0 atom stereocenters. The van der Waals surface area contributed by atoms with Crippen molar-refractivity contribution in [2.45, 2.75) is 44.3 Å². The lowest BCUT2D eigenvalue weighted by atomic mass is 9.95. The van der Waals surface area contributed by atoms with Crippen LogP contribution < -0.4 is 16.2 Å². The second-order valence-corrected chi connectivity index (χ2v) is 7.99. The van der Waals surface area contributed by atoms with Crippen molar-refractivity contribution in [1.29, 1.82) is 0 Å². The number of nitrogens with one attached hydrogen (secondary N) is 2. The summed E-state index contributed by atoms with van der Waals surface area (Å²) < 4.78 is 39.2. The fourth-order valence-corrected chi connectivity index (χ4v) is 3.85. The van der Waals surface area contributed by atoms with E-state index in [-0.39, 0.29) is 11.7 Å². The minimum atomic E-state index is -4.69. The summed E-state index contributed by atoms with van der Waals surface area (Å²) in [5.41, 5.74) is -4.59. The maximum Gasteiger partial charge on any atom is 0.416 e. The molecule has 5 N–H and O–H groups in total. The molecule has 1 heterocycles. The molecule has 3 rings (SSSR count). The third-order valence-corrected chi connectivity index (χ3v) is 5.57. The summed E-state index contributed by atoms with van der Waals surface area (Å²) in [4.78, 5) is 49.4. The van der Waals surface area contributed by atoms with Crippen LogP contribution >= 0.6 is 0 Å². The molecule has 1 saturated carbocycles. The third-order valence-electron chi connectivity index (χ3n) is 5.57. The fourth-order valence-electron chi connectivity index (χ4n) is 3.85. The number of nitrogens with zero attached hydrogens (tertiary/aromatic N) is 1. The molecule has 188 valence electrons. The second-order valence-electron chi connectivity index (χ2n) is 7.99. The number of rotatable bonds is 6. The number of alkyl halides is 3. The maximum absolute atomic E-state index is 13.2. The van der Waals surface area contributed by atoms with Gasteiger partial charge >= 0.3 is 12.1 Å². The molecular weight excluding hydrogens is 475 g/mol. The first-order chi connectivity index (χ1) is 16.4. The highest BCUT2D eigenvalue weighted by atomic mass is 19.4. The summed E-state index contributed by atoms with van der Waals surface area (Å²) in [5.74, 6) is -6.21. The van der Waals surface area contributed by atoms with E-state index in [2.05, 4.69) is 5.32 Å². The Balaban J connectivity index is 2.16. The molecular formula is C22H22F3N3O7. The Labute approximate surface area is 196 Å². The zero-order chi connectivity index (χ0) is 25.9. The van der Waals surface area contributed by atoms with E-state index in [1.165, 1.54) is 0 Å². The van der Waals surface area contributed by atoms with Crippen molar-refractivity contribution in [2.24, 2.45) is 0 Å². The van der Waals surface area contributed by atoms with Crippen LogP contribution in [0.25, 0.3) is 5.69 Å². The SMILES string of the molecule is O=C(O)CNC(=O)c1c(O)c(C(=O)NC2CCCCC2)c(=O)n(-c2ccc(C(F)(F)F)cc2)c1O. The van der Waals surface area contributed by atoms with Gasteiger partial charge < -0.3 is 26.0 Å². The highest BCUT2D eigenvalue weighted by molar-refractivity contribution is 6.05. The molecule has 0 spiro atoms. The lowest BCUT2D eigenvalue weighted by Crippen LogP contribution is -2.40. The van der Waals surface area contributed by atoms with E-state index < -0.39 is 64.4 Å². The van der Waals surface area contributed by atoms with E-state index in [0.717, 1.165) is 31.4 Å². The van der Waals surface area contributed by atoms with E-state index in [1.807, 2.05) is 5.32 Å². The number of pyridine rings is 1. The Bertz CT molecular complexity index is 1200. The quantitative estimate of drug-likeness (QED) is 0.409.